The molecule has 0 unspecified atom stereocenters. The Morgan fingerprint density at radius 3 is 2.57 bits per heavy atom. The fourth-order valence-corrected chi connectivity index (χ4v) is 2.35. The summed E-state index contributed by atoms with van der Waals surface area (Å²) in [5, 5.41) is 11.7. The van der Waals surface area contributed by atoms with Crippen LogP contribution in [0.25, 0.3) is 0 Å². The predicted octanol–water partition coefficient (Wildman–Crippen LogP) is 1.32. The maximum absolute atomic E-state index is 12.2. The maximum atomic E-state index is 12.2. The summed E-state index contributed by atoms with van der Waals surface area (Å²) in [5.74, 6) is -1.30. The van der Waals surface area contributed by atoms with Gasteiger partial charge in [0, 0.05) is 12.2 Å². The lowest BCUT2D eigenvalue weighted by Gasteiger charge is -2.16. The van der Waals surface area contributed by atoms with Crippen molar-refractivity contribution in [3.8, 4) is 0 Å². The molecule has 1 amide bonds. The van der Waals surface area contributed by atoms with Crippen LogP contribution in [0.3, 0.4) is 0 Å². The second-order valence-corrected chi connectivity index (χ2v) is 5.41. The molecule has 0 bridgehead atoms. The third-order valence-electron chi connectivity index (χ3n) is 3.35. The van der Waals surface area contributed by atoms with Gasteiger partial charge < -0.3 is 20.1 Å². The molecule has 1 aromatic rings. The molecule has 2 atom stereocenters. The fourth-order valence-electron chi connectivity index (χ4n) is 2.35. The van der Waals surface area contributed by atoms with Crippen LogP contribution in [0.2, 0.25) is 0 Å². The number of nitrogens with one attached hydrogen (secondary N) is 1. The second kappa shape index (κ2) is 6.69. The predicted molar refractivity (Wildman–Crippen MR) is 78.0 cm³/mol. The van der Waals surface area contributed by atoms with Gasteiger partial charge in [-0.1, -0.05) is 18.2 Å². The summed E-state index contributed by atoms with van der Waals surface area (Å²) in [5.41, 5.74) is 1.74. The van der Waals surface area contributed by atoms with Gasteiger partial charge in [-0.25, -0.2) is 4.79 Å². The molecule has 1 aliphatic rings. The Kier molecular flexibility index (Phi) is 4.93. The molecule has 1 heterocycles. The molecule has 0 saturated carbocycles. The van der Waals surface area contributed by atoms with E-state index in [0.29, 0.717) is 19.4 Å². The molecule has 1 aromatic carbocycles. The maximum Gasteiger partial charge on any atom is 0.332 e. The number of nitrogens with zero attached hydrogens (tertiary/aromatic N) is 1. The van der Waals surface area contributed by atoms with E-state index in [0.717, 1.165) is 11.3 Å². The zero-order valence-corrected chi connectivity index (χ0v) is 12.2. The molecule has 6 heteroatoms. The Morgan fingerprint density at radius 1 is 1.29 bits per heavy atom. The van der Waals surface area contributed by atoms with Gasteiger partial charge in [-0.15, -0.1) is 0 Å². The number of carboxylic acid groups (broad SMARTS) is 1. The quantitative estimate of drug-likeness (QED) is 0.855. The highest BCUT2D eigenvalue weighted by Crippen LogP contribution is 2.23. The Morgan fingerprint density at radius 2 is 1.95 bits per heavy atom. The number of anilines is 1. The Balaban J connectivity index is 2.02. The summed E-state index contributed by atoms with van der Waals surface area (Å²) in [6, 6.07) is 7.55. The second-order valence-electron chi connectivity index (χ2n) is 5.41. The Labute approximate surface area is 123 Å². The normalized spacial score (nSPS) is 21.5. The van der Waals surface area contributed by atoms with Crippen molar-refractivity contribution in [1.82, 2.24) is 4.90 Å². The third kappa shape index (κ3) is 4.03. The number of carbonyl (C=O) groups is 2. The number of carboxylic acids is 1. The van der Waals surface area contributed by atoms with Crippen molar-refractivity contribution in [3.05, 3.63) is 29.8 Å². The van der Waals surface area contributed by atoms with E-state index in [-0.39, 0.29) is 5.91 Å². The number of amides is 1. The molecule has 0 aromatic heterocycles. The number of aliphatic carboxylic acids is 1. The van der Waals surface area contributed by atoms with Crippen molar-refractivity contribution in [3.63, 3.8) is 0 Å². The summed E-state index contributed by atoms with van der Waals surface area (Å²) in [4.78, 5) is 25.0. The van der Waals surface area contributed by atoms with E-state index in [9.17, 15) is 9.59 Å². The van der Waals surface area contributed by atoms with Gasteiger partial charge in [0.05, 0.1) is 0 Å². The Hall–Kier alpha value is -1.92. The van der Waals surface area contributed by atoms with Gasteiger partial charge in [-0.05, 0) is 38.6 Å². The van der Waals surface area contributed by atoms with E-state index >= 15 is 0 Å². The number of hydrogen-bond donors (Lipinski definition) is 2. The molecule has 6 nitrogen and oxygen atoms in total. The molecular weight excluding hydrogens is 272 g/mol. The number of rotatable bonds is 5. The van der Waals surface area contributed by atoms with E-state index in [4.69, 9.17) is 9.84 Å². The zero-order valence-electron chi connectivity index (χ0n) is 12.2. The highest BCUT2D eigenvalue weighted by Gasteiger charge is 2.34. The van der Waals surface area contributed by atoms with E-state index in [1.54, 1.807) is 0 Å². The van der Waals surface area contributed by atoms with Gasteiger partial charge >= 0.3 is 5.97 Å². The van der Waals surface area contributed by atoms with E-state index in [2.05, 4.69) is 5.32 Å². The first-order valence-electron chi connectivity index (χ1n) is 6.89. The smallest absolute Gasteiger partial charge is 0.332 e. The SMILES string of the molecule is CN(C)Cc1ccccc1NC(=O)[C@@H]1CC[C@H](C(=O)O)O1. The molecule has 1 aliphatic heterocycles. The summed E-state index contributed by atoms with van der Waals surface area (Å²) in [6.07, 6.45) is -0.776. The average Bonchev–Trinajstić information content (AvgIpc) is 2.90. The van der Waals surface area contributed by atoms with E-state index in [1.807, 2.05) is 43.3 Å². The summed E-state index contributed by atoms with van der Waals surface area (Å²) < 4.78 is 5.26. The van der Waals surface area contributed by atoms with Crippen LogP contribution < -0.4 is 5.32 Å². The topological polar surface area (TPSA) is 78.9 Å². The summed E-state index contributed by atoms with van der Waals surface area (Å²) in [7, 11) is 3.91. The average molecular weight is 292 g/mol. The van der Waals surface area contributed by atoms with Crippen molar-refractivity contribution < 1.29 is 19.4 Å². The summed E-state index contributed by atoms with van der Waals surface area (Å²) in [6.45, 7) is 0.708. The van der Waals surface area contributed by atoms with Gasteiger partial charge in [0.1, 0.15) is 6.10 Å². The lowest BCUT2D eigenvalue weighted by atomic mass is 10.1. The number of hydrogen-bond acceptors (Lipinski definition) is 4. The minimum Gasteiger partial charge on any atom is -0.479 e. The molecule has 0 radical (unpaired) electrons. The molecule has 1 fully saturated rings. The van der Waals surface area contributed by atoms with Crippen LogP contribution in [0.15, 0.2) is 24.3 Å². The molecule has 1 saturated heterocycles. The minimum absolute atomic E-state index is 0.287. The Bertz CT molecular complexity index is 530. The lowest BCUT2D eigenvalue weighted by molar-refractivity contribution is -0.150. The number of benzene rings is 1. The number of ether oxygens (including phenoxy) is 1. The van der Waals surface area contributed by atoms with Gasteiger partial charge in [-0.2, -0.15) is 0 Å². The molecule has 0 aliphatic carbocycles. The fraction of sp³-hybridized carbons (Fsp3) is 0.467. The summed E-state index contributed by atoms with van der Waals surface area (Å²) >= 11 is 0. The van der Waals surface area contributed by atoms with Crippen molar-refractivity contribution in [2.24, 2.45) is 0 Å². The van der Waals surface area contributed by atoms with Crippen LogP contribution in [0, 0.1) is 0 Å². The van der Waals surface area contributed by atoms with Gasteiger partial charge in [0.25, 0.3) is 5.91 Å². The standard InChI is InChI=1S/C15H20N2O4/c1-17(2)9-10-5-3-4-6-11(10)16-14(18)12-7-8-13(21-12)15(19)20/h3-6,12-13H,7-9H2,1-2H3,(H,16,18)(H,19,20)/t12-,13+/m0/s1. The van der Waals surface area contributed by atoms with Crippen LogP contribution in [-0.4, -0.2) is 48.2 Å². The first-order chi connectivity index (χ1) is 9.97. The molecule has 0 spiro atoms. The third-order valence-corrected chi connectivity index (χ3v) is 3.35. The molecule has 2 N–H and O–H groups in total. The highest BCUT2D eigenvalue weighted by molar-refractivity contribution is 5.95. The highest BCUT2D eigenvalue weighted by atomic mass is 16.5. The largest absolute Gasteiger partial charge is 0.479 e. The zero-order chi connectivity index (χ0) is 15.4. The monoisotopic (exact) mass is 292 g/mol. The van der Waals surface area contributed by atoms with Crippen LogP contribution >= 0.6 is 0 Å². The van der Waals surface area contributed by atoms with Crippen molar-refractivity contribution in [2.45, 2.75) is 31.6 Å². The molecule has 2 rings (SSSR count). The van der Waals surface area contributed by atoms with Gasteiger partial charge in [-0.3, -0.25) is 4.79 Å². The van der Waals surface area contributed by atoms with Crippen LogP contribution in [0.4, 0.5) is 5.69 Å². The van der Waals surface area contributed by atoms with E-state index in [1.165, 1.54) is 0 Å². The van der Waals surface area contributed by atoms with Crippen LogP contribution in [0.5, 0.6) is 0 Å². The lowest BCUT2D eigenvalue weighted by Crippen LogP contribution is -2.30. The van der Waals surface area contributed by atoms with Gasteiger partial charge in [0.15, 0.2) is 6.10 Å². The van der Waals surface area contributed by atoms with Crippen LogP contribution in [-0.2, 0) is 20.9 Å². The minimum atomic E-state index is -1.02. The first-order valence-corrected chi connectivity index (χ1v) is 6.89. The molecule has 114 valence electrons. The number of para-hydroxylation sites is 1. The molecular formula is C15H20N2O4. The van der Waals surface area contributed by atoms with Gasteiger partial charge in [0.2, 0.25) is 0 Å². The van der Waals surface area contributed by atoms with E-state index < -0.39 is 18.2 Å². The van der Waals surface area contributed by atoms with Crippen molar-refractivity contribution in [2.75, 3.05) is 19.4 Å². The first kappa shape index (κ1) is 15.5. The number of carbonyl (C=O) groups excluding carboxylic acids is 1. The van der Waals surface area contributed by atoms with Crippen molar-refractivity contribution in [1.29, 1.82) is 0 Å². The van der Waals surface area contributed by atoms with Crippen molar-refractivity contribution >= 4 is 17.6 Å². The molecule has 21 heavy (non-hydrogen) atoms. The van der Waals surface area contributed by atoms with Crippen LogP contribution in [0.1, 0.15) is 18.4 Å².